The van der Waals surface area contributed by atoms with Gasteiger partial charge >= 0.3 is 0 Å². The third-order valence-corrected chi connectivity index (χ3v) is 2.13. The van der Waals surface area contributed by atoms with E-state index >= 15 is 0 Å². The van der Waals surface area contributed by atoms with Crippen molar-refractivity contribution < 1.29 is 4.42 Å². The fraction of sp³-hybridized carbons (Fsp3) is 0.625. The Labute approximate surface area is 60.3 Å². The lowest BCUT2D eigenvalue weighted by Gasteiger charge is -2.23. The number of nitrogens with zero attached hydrogens (tertiary/aromatic N) is 1. The zero-order valence-corrected chi connectivity index (χ0v) is 5.84. The molecule has 1 aromatic rings. The second kappa shape index (κ2) is 2.45. The highest BCUT2D eigenvalue weighted by Crippen LogP contribution is 2.28. The van der Waals surface area contributed by atoms with Crippen molar-refractivity contribution >= 4 is 0 Å². The molecule has 1 aliphatic carbocycles. The summed E-state index contributed by atoms with van der Waals surface area (Å²) in [5.41, 5.74) is 0. The smallest absolute Gasteiger partial charge is 0.195 e. The van der Waals surface area contributed by atoms with Crippen LogP contribution in [0.15, 0.2) is 10.6 Å². The van der Waals surface area contributed by atoms with Gasteiger partial charge in [0.15, 0.2) is 12.2 Å². The minimum atomic E-state index is 0.840. The SMILES string of the molecule is [c]1cnc(CC2CCC2)o1. The predicted molar refractivity (Wildman–Crippen MR) is 36.4 cm³/mol. The second-order valence-corrected chi connectivity index (χ2v) is 2.87. The van der Waals surface area contributed by atoms with Crippen molar-refractivity contribution in [3.63, 3.8) is 0 Å². The van der Waals surface area contributed by atoms with Gasteiger partial charge in [0, 0.05) is 6.42 Å². The van der Waals surface area contributed by atoms with Gasteiger partial charge in [-0.05, 0) is 18.8 Å². The molecular weight excluding hydrogens is 126 g/mol. The van der Waals surface area contributed by atoms with E-state index in [0.29, 0.717) is 0 Å². The van der Waals surface area contributed by atoms with Crippen LogP contribution in [0.4, 0.5) is 0 Å². The Kier molecular flexibility index (Phi) is 1.46. The van der Waals surface area contributed by atoms with E-state index in [4.69, 9.17) is 4.42 Å². The Morgan fingerprint density at radius 3 is 3.10 bits per heavy atom. The van der Waals surface area contributed by atoms with Crippen LogP contribution in [0.1, 0.15) is 25.2 Å². The van der Waals surface area contributed by atoms with Crippen molar-refractivity contribution in [2.45, 2.75) is 25.7 Å². The highest BCUT2D eigenvalue weighted by Gasteiger charge is 2.19. The van der Waals surface area contributed by atoms with Crippen molar-refractivity contribution in [3.05, 3.63) is 18.4 Å². The molecule has 1 aliphatic rings. The summed E-state index contributed by atoms with van der Waals surface area (Å²) < 4.78 is 5.00. The summed E-state index contributed by atoms with van der Waals surface area (Å²) in [6.45, 7) is 0. The van der Waals surface area contributed by atoms with Gasteiger partial charge in [-0.2, -0.15) is 0 Å². The van der Waals surface area contributed by atoms with Gasteiger partial charge in [0.1, 0.15) is 0 Å². The van der Waals surface area contributed by atoms with Gasteiger partial charge in [0.05, 0.1) is 6.20 Å². The summed E-state index contributed by atoms with van der Waals surface area (Å²) in [6.07, 6.45) is 9.29. The van der Waals surface area contributed by atoms with Crippen LogP contribution in [0.3, 0.4) is 0 Å². The fourth-order valence-corrected chi connectivity index (χ4v) is 1.26. The lowest BCUT2D eigenvalue weighted by atomic mass is 9.83. The third-order valence-electron chi connectivity index (χ3n) is 2.13. The largest absolute Gasteiger partial charge is 0.437 e. The normalized spacial score (nSPS) is 18.8. The quantitative estimate of drug-likeness (QED) is 0.619. The molecule has 2 heteroatoms. The molecular formula is C8H10NO. The second-order valence-electron chi connectivity index (χ2n) is 2.87. The van der Waals surface area contributed by atoms with E-state index in [9.17, 15) is 0 Å². The third kappa shape index (κ3) is 1.06. The summed E-state index contributed by atoms with van der Waals surface area (Å²) in [4.78, 5) is 4.02. The fourth-order valence-electron chi connectivity index (χ4n) is 1.26. The van der Waals surface area contributed by atoms with Gasteiger partial charge in [0.2, 0.25) is 0 Å². The summed E-state index contributed by atoms with van der Waals surface area (Å²) in [6, 6.07) is 0. The number of rotatable bonds is 2. The molecule has 0 spiro atoms. The van der Waals surface area contributed by atoms with E-state index in [1.165, 1.54) is 19.3 Å². The number of oxazole rings is 1. The first-order valence-corrected chi connectivity index (χ1v) is 3.76. The maximum Gasteiger partial charge on any atom is 0.195 e. The monoisotopic (exact) mass is 136 g/mol. The Hall–Kier alpha value is -0.790. The standard InChI is InChI=1S/C8H10NO/c1-2-7(3-1)6-8-9-4-5-10-8/h4,7H,1-3,6H2. The minimum absolute atomic E-state index is 0.840. The molecule has 0 aliphatic heterocycles. The summed E-state index contributed by atoms with van der Waals surface area (Å²) in [5.74, 6) is 1.69. The molecule has 2 rings (SSSR count). The Morgan fingerprint density at radius 1 is 1.70 bits per heavy atom. The van der Waals surface area contributed by atoms with E-state index in [-0.39, 0.29) is 0 Å². The highest BCUT2D eigenvalue weighted by molar-refractivity contribution is 4.84. The van der Waals surface area contributed by atoms with Crippen molar-refractivity contribution in [1.82, 2.24) is 4.98 Å². The molecule has 0 N–H and O–H groups in total. The first-order valence-electron chi connectivity index (χ1n) is 3.76. The molecule has 0 aromatic carbocycles. The average molecular weight is 136 g/mol. The van der Waals surface area contributed by atoms with E-state index in [1.54, 1.807) is 6.20 Å². The van der Waals surface area contributed by atoms with Crippen molar-refractivity contribution in [3.8, 4) is 0 Å². The molecule has 0 atom stereocenters. The van der Waals surface area contributed by atoms with Gasteiger partial charge in [-0.15, -0.1) is 0 Å². The van der Waals surface area contributed by atoms with Gasteiger partial charge in [-0.1, -0.05) is 6.42 Å². The molecule has 10 heavy (non-hydrogen) atoms. The van der Waals surface area contributed by atoms with Crippen LogP contribution in [0.25, 0.3) is 0 Å². The Morgan fingerprint density at radius 2 is 2.60 bits per heavy atom. The highest BCUT2D eigenvalue weighted by atomic mass is 16.3. The minimum Gasteiger partial charge on any atom is -0.437 e. The molecule has 1 aromatic heterocycles. The number of hydrogen-bond donors (Lipinski definition) is 0. The van der Waals surface area contributed by atoms with Gasteiger partial charge in [0.25, 0.3) is 0 Å². The van der Waals surface area contributed by atoms with E-state index in [0.717, 1.165) is 18.2 Å². The predicted octanol–water partition coefficient (Wildman–Crippen LogP) is 1.82. The number of hydrogen-bond acceptors (Lipinski definition) is 2. The van der Waals surface area contributed by atoms with Crippen LogP contribution >= 0.6 is 0 Å². The summed E-state index contributed by atoms with van der Waals surface area (Å²) >= 11 is 0. The topological polar surface area (TPSA) is 26.0 Å². The van der Waals surface area contributed by atoms with Crippen molar-refractivity contribution in [2.75, 3.05) is 0 Å². The van der Waals surface area contributed by atoms with E-state index in [1.807, 2.05) is 0 Å². The molecule has 1 saturated carbocycles. The molecule has 53 valence electrons. The molecule has 0 bridgehead atoms. The maximum atomic E-state index is 5.00. The molecule has 0 amide bonds. The van der Waals surface area contributed by atoms with Gasteiger partial charge in [-0.3, -0.25) is 0 Å². The van der Waals surface area contributed by atoms with Crippen molar-refractivity contribution in [2.24, 2.45) is 5.92 Å². The van der Waals surface area contributed by atoms with Crippen LogP contribution in [-0.2, 0) is 6.42 Å². The van der Waals surface area contributed by atoms with Gasteiger partial charge in [-0.25, -0.2) is 4.98 Å². The zero-order chi connectivity index (χ0) is 6.81. The molecule has 1 fully saturated rings. The van der Waals surface area contributed by atoms with Crippen LogP contribution in [-0.4, -0.2) is 4.98 Å². The Balaban J connectivity index is 1.90. The zero-order valence-electron chi connectivity index (χ0n) is 5.84. The lowest BCUT2D eigenvalue weighted by Crippen LogP contribution is -2.13. The van der Waals surface area contributed by atoms with E-state index < -0.39 is 0 Å². The average Bonchev–Trinajstić information content (AvgIpc) is 2.29. The molecule has 0 saturated heterocycles. The van der Waals surface area contributed by atoms with Crippen LogP contribution in [0.5, 0.6) is 0 Å². The molecule has 1 heterocycles. The summed E-state index contributed by atoms with van der Waals surface area (Å²) in [5, 5.41) is 0. The molecule has 2 nitrogen and oxygen atoms in total. The van der Waals surface area contributed by atoms with E-state index in [2.05, 4.69) is 11.2 Å². The van der Waals surface area contributed by atoms with Crippen LogP contribution in [0.2, 0.25) is 0 Å². The van der Waals surface area contributed by atoms with Crippen LogP contribution in [0, 0.1) is 12.2 Å². The van der Waals surface area contributed by atoms with Crippen LogP contribution < -0.4 is 0 Å². The van der Waals surface area contributed by atoms with Crippen molar-refractivity contribution in [1.29, 1.82) is 0 Å². The number of aromatic nitrogens is 1. The summed E-state index contributed by atoms with van der Waals surface area (Å²) in [7, 11) is 0. The van der Waals surface area contributed by atoms with Gasteiger partial charge < -0.3 is 4.42 Å². The first-order chi connectivity index (χ1) is 4.95. The maximum absolute atomic E-state index is 5.00. The first kappa shape index (κ1) is 5.96. The lowest BCUT2D eigenvalue weighted by molar-refractivity contribution is 0.289. The molecule has 0 unspecified atom stereocenters. The molecule has 1 radical (unpaired) electrons. The Bertz CT molecular complexity index is 189.